The van der Waals surface area contributed by atoms with Crippen LogP contribution < -0.4 is 10.0 Å². The van der Waals surface area contributed by atoms with Gasteiger partial charge in [-0.3, -0.25) is 9.59 Å². The van der Waals surface area contributed by atoms with Crippen molar-refractivity contribution >= 4 is 33.5 Å². The Morgan fingerprint density at radius 1 is 0.909 bits per heavy atom. The van der Waals surface area contributed by atoms with E-state index in [1.54, 1.807) is 0 Å². The normalized spacial score (nSPS) is 12.2. The molecule has 0 fully saturated rings. The molecule has 1 amide bonds. The fraction of sp³-hybridized carbons (Fsp3) is 0.167. The van der Waals surface area contributed by atoms with Crippen molar-refractivity contribution in [2.75, 3.05) is 6.61 Å². The summed E-state index contributed by atoms with van der Waals surface area (Å²) >= 11 is 5.84. The highest BCUT2D eigenvalue weighted by atomic mass is 35.5. The largest absolute Gasteiger partial charge is 0.454 e. The van der Waals surface area contributed by atoms with E-state index in [-0.39, 0.29) is 9.92 Å². The molecule has 3 rings (SSSR count). The predicted octanol–water partition coefficient (Wildman–Crippen LogP) is 3.46. The van der Waals surface area contributed by atoms with Crippen LogP contribution in [-0.4, -0.2) is 32.9 Å². The summed E-state index contributed by atoms with van der Waals surface area (Å²) < 4.78 is 32.1. The summed E-state index contributed by atoms with van der Waals surface area (Å²) in [5, 5.41) is 3.10. The van der Waals surface area contributed by atoms with Crippen LogP contribution in [0, 0.1) is 0 Å². The molecule has 7 nitrogen and oxygen atoms in total. The standard InChI is InChI=1S/C24H23ClN2O5S/c1-17(27-33(30,31)21-14-8-13-20(25)15-21)24(29)32-16-22(28)26-23(18-9-4-2-5-10-18)19-11-6-3-7-12-19/h2-15,17,23,27H,16H2,1H3,(H,26,28). The zero-order valence-corrected chi connectivity index (χ0v) is 19.3. The number of benzene rings is 3. The molecule has 2 N–H and O–H groups in total. The second-order valence-electron chi connectivity index (χ2n) is 7.23. The lowest BCUT2D eigenvalue weighted by atomic mass is 9.99. The summed E-state index contributed by atoms with van der Waals surface area (Å²) in [6.07, 6.45) is 0. The van der Waals surface area contributed by atoms with E-state index in [0.717, 1.165) is 11.1 Å². The molecule has 0 radical (unpaired) electrons. The third-order valence-electron chi connectivity index (χ3n) is 4.71. The van der Waals surface area contributed by atoms with Gasteiger partial charge < -0.3 is 10.1 Å². The fourth-order valence-electron chi connectivity index (χ4n) is 3.10. The maximum Gasteiger partial charge on any atom is 0.324 e. The van der Waals surface area contributed by atoms with Crippen molar-refractivity contribution < 1.29 is 22.7 Å². The average molecular weight is 487 g/mol. The molecular weight excluding hydrogens is 464 g/mol. The minimum absolute atomic E-state index is 0.0824. The summed E-state index contributed by atoms with van der Waals surface area (Å²) in [7, 11) is -3.99. The van der Waals surface area contributed by atoms with Crippen molar-refractivity contribution in [1.29, 1.82) is 0 Å². The van der Waals surface area contributed by atoms with Crippen molar-refractivity contribution in [3.8, 4) is 0 Å². The second kappa shape index (κ2) is 11.1. The first-order valence-corrected chi connectivity index (χ1v) is 12.0. The van der Waals surface area contributed by atoms with E-state index in [0.29, 0.717) is 0 Å². The van der Waals surface area contributed by atoms with Gasteiger partial charge in [-0.25, -0.2) is 8.42 Å². The Kier molecular flexibility index (Phi) is 8.21. The molecule has 33 heavy (non-hydrogen) atoms. The Morgan fingerprint density at radius 3 is 2.03 bits per heavy atom. The van der Waals surface area contributed by atoms with Crippen LogP contribution in [-0.2, 0) is 24.3 Å². The van der Waals surface area contributed by atoms with Gasteiger partial charge in [-0.05, 0) is 36.2 Å². The quantitative estimate of drug-likeness (QED) is 0.451. The lowest BCUT2D eigenvalue weighted by Crippen LogP contribution is -2.41. The molecule has 9 heteroatoms. The van der Waals surface area contributed by atoms with E-state index in [1.165, 1.54) is 31.2 Å². The van der Waals surface area contributed by atoms with E-state index >= 15 is 0 Å². The van der Waals surface area contributed by atoms with Gasteiger partial charge in [0, 0.05) is 5.02 Å². The molecule has 0 heterocycles. The summed E-state index contributed by atoms with van der Waals surface area (Å²) in [6.45, 7) is 0.775. The Morgan fingerprint density at radius 2 is 1.48 bits per heavy atom. The van der Waals surface area contributed by atoms with Gasteiger partial charge in [0.25, 0.3) is 5.91 Å². The minimum Gasteiger partial charge on any atom is -0.454 e. The van der Waals surface area contributed by atoms with Gasteiger partial charge in [0.05, 0.1) is 10.9 Å². The van der Waals surface area contributed by atoms with Crippen LogP contribution in [0.1, 0.15) is 24.1 Å². The Balaban J connectivity index is 1.60. The monoisotopic (exact) mass is 486 g/mol. The van der Waals surface area contributed by atoms with Crippen molar-refractivity contribution in [3.05, 3.63) is 101 Å². The highest BCUT2D eigenvalue weighted by Crippen LogP contribution is 2.21. The van der Waals surface area contributed by atoms with E-state index in [9.17, 15) is 18.0 Å². The number of esters is 1. The molecule has 0 aliphatic heterocycles. The summed E-state index contributed by atoms with van der Waals surface area (Å²) in [5.41, 5.74) is 1.73. The number of carbonyl (C=O) groups is 2. The molecule has 1 atom stereocenters. The average Bonchev–Trinajstić information content (AvgIpc) is 2.82. The van der Waals surface area contributed by atoms with Gasteiger partial charge in [0.1, 0.15) is 6.04 Å². The maximum absolute atomic E-state index is 12.5. The Bertz CT molecular complexity index is 1160. The van der Waals surface area contributed by atoms with Gasteiger partial charge in [0.15, 0.2) is 6.61 Å². The van der Waals surface area contributed by atoms with Crippen LogP contribution in [0.4, 0.5) is 0 Å². The van der Waals surface area contributed by atoms with Gasteiger partial charge in [0.2, 0.25) is 10.0 Å². The van der Waals surface area contributed by atoms with Gasteiger partial charge >= 0.3 is 5.97 Å². The van der Waals surface area contributed by atoms with Crippen molar-refractivity contribution in [2.24, 2.45) is 0 Å². The first-order valence-electron chi connectivity index (χ1n) is 10.1. The lowest BCUT2D eigenvalue weighted by Gasteiger charge is -2.20. The van der Waals surface area contributed by atoms with E-state index < -0.39 is 40.6 Å². The number of halogens is 1. The Labute approximate surface area is 197 Å². The second-order valence-corrected chi connectivity index (χ2v) is 9.38. The molecule has 3 aromatic carbocycles. The van der Waals surface area contributed by atoms with Gasteiger partial charge in [-0.1, -0.05) is 78.3 Å². The molecule has 0 spiro atoms. The maximum atomic E-state index is 12.5. The number of hydrogen-bond acceptors (Lipinski definition) is 5. The van der Waals surface area contributed by atoms with Crippen LogP contribution >= 0.6 is 11.6 Å². The molecule has 3 aromatic rings. The van der Waals surface area contributed by atoms with Crippen molar-refractivity contribution in [2.45, 2.75) is 23.9 Å². The molecule has 1 unspecified atom stereocenters. The molecule has 0 bridgehead atoms. The lowest BCUT2D eigenvalue weighted by molar-refractivity contribution is -0.149. The van der Waals surface area contributed by atoms with E-state index in [4.69, 9.17) is 16.3 Å². The summed E-state index contributed by atoms with van der Waals surface area (Å²) in [5.74, 6) is -1.40. The minimum atomic E-state index is -3.99. The highest BCUT2D eigenvalue weighted by Gasteiger charge is 2.24. The van der Waals surface area contributed by atoms with Crippen molar-refractivity contribution in [3.63, 3.8) is 0 Å². The molecule has 0 aliphatic carbocycles. The van der Waals surface area contributed by atoms with E-state index in [1.807, 2.05) is 60.7 Å². The van der Waals surface area contributed by atoms with Crippen LogP contribution in [0.25, 0.3) is 0 Å². The van der Waals surface area contributed by atoms with E-state index in [2.05, 4.69) is 10.0 Å². The third kappa shape index (κ3) is 6.89. The van der Waals surface area contributed by atoms with Gasteiger partial charge in [-0.15, -0.1) is 0 Å². The molecule has 0 saturated carbocycles. The Hall–Kier alpha value is -3.20. The number of hydrogen-bond donors (Lipinski definition) is 2. The van der Waals surface area contributed by atoms with Crippen LogP contribution in [0.5, 0.6) is 0 Å². The SMILES string of the molecule is CC(NS(=O)(=O)c1cccc(Cl)c1)C(=O)OCC(=O)NC(c1ccccc1)c1ccccc1. The molecule has 172 valence electrons. The van der Waals surface area contributed by atoms with Gasteiger partial charge in [-0.2, -0.15) is 4.72 Å². The smallest absolute Gasteiger partial charge is 0.324 e. The first-order chi connectivity index (χ1) is 15.8. The summed E-state index contributed by atoms with van der Waals surface area (Å²) in [6, 6.07) is 22.8. The third-order valence-corrected chi connectivity index (χ3v) is 6.48. The number of rotatable bonds is 9. The molecule has 0 aliphatic rings. The molecule has 0 aromatic heterocycles. The van der Waals surface area contributed by atoms with Crippen LogP contribution in [0.15, 0.2) is 89.8 Å². The highest BCUT2D eigenvalue weighted by molar-refractivity contribution is 7.89. The van der Waals surface area contributed by atoms with Crippen LogP contribution in [0.3, 0.4) is 0 Å². The topological polar surface area (TPSA) is 102 Å². The zero-order chi connectivity index (χ0) is 23.8. The molecular formula is C24H23ClN2O5S. The number of nitrogens with one attached hydrogen (secondary N) is 2. The van der Waals surface area contributed by atoms with Crippen molar-refractivity contribution in [1.82, 2.24) is 10.0 Å². The zero-order valence-electron chi connectivity index (χ0n) is 17.8. The molecule has 0 saturated heterocycles. The summed E-state index contributed by atoms with van der Waals surface area (Å²) in [4.78, 5) is 24.7. The number of ether oxygens (including phenoxy) is 1. The number of amides is 1. The fourth-order valence-corrected chi connectivity index (χ4v) is 4.59. The van der Waals surface area contributed by atoms with Crippen LogP contribution in [0.2, 0.25) is 5.02 Å². The number of carbonyl (C=O) groups excluding carboxylic acids is 2. The predicted molar refractivity (Wildman–Crippen MR) is 125 cm³/mol. The number of sulfonamides is 1. The first kappa shape index (κ1) is 24.4.